The highest BCUT2D eigenvalue weighted by molar-refractivity contribution is 5.79. The molecule has 150 valence electrons. The van der Waals surface area contributed by atoms with E-state index in [1.165, 1.54) is 12.1 Å². The van der Waals surface area contributed by atoms with Crippen LogP contribution in [-0.4, -0.2) is 37.1 Å². The zero-order valence-electron chi connectivity index (χ0n) is 16.2. The van der Waals surface area contributed by atoms with Crippen LogP contribution in [-0.2, 0) is 0 Å². The fourth-order valence-corrected chi connectivity index (χ4v) is 3.33. The average molecular weight is 395 g/mol. The van der Waals surface area contributed by atoms with Gasteiger partial charge < -0.3 is 14.8 Å². The molecule has 3 aromatic heterocycles. The summed E-state index contributed by atoms with van der Waals surface area (Å²) in [5.74, 6) is 0.950. The molecule has 1 atom stereocenters. The standard InChI is InChI=1S/C21H22FN5O2/c1-13(2)11-16(12-28)24-20-23-8-7-17(25-20)19-18(14-3-5-15(22)6-4-14)26-21-27(19)9-10-29-21/h3-10,13,16,28H,11-12H2,1-2H3,(H,23,24,25)/t16-/m1/s1. The number of aromatic nitrogens is 4. The molecule has 29 heavy (non-hydrogen) atoms. The molecule has 0 saturated carbocycles. The van der Waals surface area contributed by atoms with Crippen molar-refractivity contribution in [3.8, 4) is 22.6 Å². The van der Waals surface area contributed by atoms with Crippen molar-refractivity contribution in [2.45, 2.75) is 26.3 Å². The number of hydrogen-bond donors (Lipinski definition) is 2. The van der Waals surface area contributed by atoms with Gasteiger partial charge in [0.05, 0.1) is 18.3 Å². The summed E-state index contributed by atoms with van der Waals surface area (Å²) in [4.78, 5) is 13.5. The smallest absolute Gasteiger partial charge is 0.306 e. The van der Waals surface area contributed by atoms with Crippen molar-refractivity contribution in [3.63, 3.8) is 0 Å². The zero-order valence-corrected chi connectivity index (χ0v) is 16.2. The minimum absolute atomic E-state index is 0.00868. The van der Waals surface area contributed by atoms with E-state index in [9.17, 15) is 9.50 Å². The topological polar surface area (TPSA) is 88.5 Å². The Hall–Kier alpha value is -3.26. The van der Waals surface area contributed by atoms with Gasteiger partial charge in [0.2, 0.25) is 5.95 Å². The number of fused-ring (bicyclic) bond motifs is 1. The Morgan fingerprint density at radius 3 is 2.69 bits per heavy atom. The van der Waals surface area contributed by atoms with Gasteiger partial charge in [0.15, 0.2) is 0 Å². The predicted molar refractivity (Wildman–Crippen MR) is 108 cm³/mol. The monoisotopic (exact) mass is 395 g/mol. The molecule has 0 aliphatic rings. The molecular formula is C21H22FN5O2. The third kappa shape index (κ3) is 3.97. The Morgan fingerprint density at radius 1 is 1.17 bits per heavy atom. The number of nitrogens with one attached hydrogen (secondary N) is 1. The van der Waals surface area contributed by atoms with Crippen LogP contribution in [0.1, 0.15) is 20.3 Å². The summed E-state index contributed by atoms with van der Waals surface area (Å²) in [5, 5.41) is 12.8. The average Bonchev–Trinajstić information content (AvgIpc) is 3.29. The Kier molecular flexibility index (Phi) is 5.26. The third-order valence-corrected chi connectivity index (χ3v) is 4.59. The first-order chi connectivity index (χ1) is 14.0. The molecule has 3 heterocycles. The maximum atomic E-state index is 13.4. The van der Waals surface area contributed by atoms with Crippen molar-refractivity contribution < 1.29 is 13.9 Å². The second kappa shape index (κ2) is 8.00. The van der Waals surface area contributed by atoms with Gasteiger partial charge in [-0.2, -0.15) is 4.98 Å². The highest BCUT2D eigenvalue weighted by atomic mass is 19.1. The maximum absolute atomic E-state index is 13.4. The first-order valence-corrected chi connectivity index (χ1v) is 9.47. The molecule has 0 radical (unpaired) electrons. The van der Waals surface area contributed by atoms with Crippen molar-refractivity contribution in [3.05, 3.63) is 54.8 Å². The van der Waals surface area contributed by atoms with Gasteiger partial charge in [-0.15, -0.1) is 0 Å². The number of benzene rings is 1. The molecule has 0 spiro atoms. The molecule has 8 heteroatoms. The summed E-state index contributed by atoms with van der Waals surface area (Å²) in [6, 6.07) is 7.78. The highest BCUT2D eigenvalue weighted by Crippen LogP contribution is 2.32. The Balaban J connectivity index is 1.76. The largest absolute Gasteiger partial charge is 0.432 e. The molecule has 4 aromatic rings. The minimum Gasteiger partial charge on any atom is -0.432 e. The van der Waals surface area contributed by atoms with Crippen LogP contribution in [0, 0.1) is 11.7 Å². The molecule has 1 aromatic carbocycles. The van der Waals surface area contributed by atoms with E-state index in [0.29, 0.717) is 29.1 Å². The summed E-state index contributed by atoms with van der Waals surface area (Å²) in [5.41, 5.74) is 2.74. The van der Waals surface area contributed by atoms with Gasteiger partial charge in [0, 0.05) is 18.0 Å². The molecule has 0 fully saturated rings. The van der Waals surface area contributed by atoms with E-state index < -0.39 is 0 Å². The molecule has 0 aliphatic carbocycles. The predicted octanol–water partition coefficient (Wildman–Crippen LogP) is 4.01. The third-order valence-electron chi connectivity index (χ3n) is 4.59. The summed E-state index contributed by atoms with van der Waals surface area (Å²) in [7, 11) is 0. The second-order valence-corrected chi connectivity index (χ2v) is 7.29. The number of anilines is 1. The van der Waals surface area contributed by atoms with Gasteiger partial charge >= 0.3 is 5.84 Å². The van der Waals surface area contributed by atoms with Crippen LogP contribution in [0.2, 0.25) is 0 Å². The van der Waals surface area contributed by atoms with Crippen LogP contribution in [0.4, 0.5) is 10.3 Å². The number of aliphatic hydroxyl groups excluding tert-OH is 1. The van der Waals surface area contributed by atoms with Crippen LogP contribution in [0.5, 0.6) is 0 Å². The number of aliphatic hydroxyl groups is 1. The normalized spacial score (nSPS) is 12.6. The molecule has 0 amide bonds. The second-order valence-electron chi connectivity index (χ2n) is 7.29. The van der Waals surface area contributed by atoms with Crippen molar-refractivity contribution in [2.75, 3.05) is 11.9 Å². The summed E-state index contributed by atoms with van der Waals surface area (Å²) < 4.78 is 20.6. The van der Waals surface area contributed by atoms with E-state index in [-0.39, 0.29) is 18.5 Å². The van der Waals surface area contributed by atoms with E-state index in [2.05, 4.69) is 34.1 Å². The van der Waals surface area contributed by atoms with Gasteiger partial charge in [-0.3, -0.25) is 4.40 Å². The molecule has 0 aliphatic heterocycles. The quantitative estimate of drug-likeness (QED) is 0.492. The summed E-state index contributed by atoms with van der Waals surface area (Å²) in [6.45, 7) is 4.18. The fourth-order valence-electron chi connectivity index (χ4n) is 3.33. The molecule has 4 rings (SSSR count). The first-order valence-electron chi connectivity index (χ1n) is 9.47. The first kappa shape index (κ1) is 19.1. The summed E-state index contributed by atoms with van der Waals surface area (Å²) >= 11 is 0. The Morgan fingerprint density at radius 2 is 1.97 bits per heavy atom. The van der Waals surface area contributed by atoms with Crippen LogP contribution in [0.15, 0.2) is 53.4 Å². The Bertz CT molecular complexity index is 1100. The summed E-state index contributed by atoms with van der Waals surface area (Å²) in [6.07, 6.45) is 5.76. The van der Waals surface area contributed by atoms with E-state index in [4.69, 9.17) is 4.42 Å². The van der Waals surface area contributed by atoms with Gasteiger partial charge in [-0.1, -0.05) is 13.8 Å². The number of rotatable bonds is 7. The number of nitrogens with zero attached hydrogens (tertiary/aromatic N) is 4. The van der Waals surface area contributed by atoms with Gasteiger partial charge in [-0.25, -0.2) is 14.4 Å². The molecule has 0 bridgehead atoms. The SMILES string of the molecule is CC(C)C[C@H](CO)Nc1nccc(-c2c(-c3ccc(F)cc3)nc3occn23)n1. The number of hydrogen-bond acceptors (Lipinski definition) is 6. The number of imidazole rings is 1. The maximum Gasteiger partial charge on any atom is 0.306 e. The lowest BCUT2D eigenvalue weighted by Gasteiger charge is -2.18. The van der Waals surface area contributed by atoms with Gasteiger partial charge in [0.1, 0.15) is 23.5 Å². The van der Waals surface area contributed by atoms with E-state index >= 15 is 0 Å². The fraction of sp³-hybridized carbons (Fsp3) is 0.286. The van der Waals surface area contributed by atoms with Crippen molar-refractivity contribution in [1.29, 1.82) is 0 Å². The van der Waals surface area contributed by atoms with Crippen molar-refractivity contribution >= 4 is 11.8 Å². The van der Waals surface area contributed by atoms with Gasteiger partial charge in [0.25, 0.3) is 0 Å². The van der Waals surface area contributed by atoms with E-state index in [1.807, 2.05) is 0 Å². The Labute approximate surface area is 167 Å². The molecule has 7 nitrogen and oxygen atoms in total. The lowest BCUT2D eigenvalue weighted by atomic mass is 10.0. The molecule has 0 unspecified atom stereocenters. The number of oxazole rings is 1. The van der Waals surface area contributed by atoms with Crippen LogP contribution < -0.4 is 5.32 Å². The van der Waals surface area contributed by atoms with Crippen LogP contribution in [0.25, 0.3) is 28.5 Å². The van der Waals surface area contributed by atoms with Crippen molar-refractivity contribution in [2.24, 2.45) is 5.92 Å². The van der Waals surface area contributed by atoms with Gasteiger partial charge in [-0.05, 0) is 42.7 Å². The zero-order chi connectivity index (χ0) is 20.4. The lowest BCUT2D eigenvalue weighted by Crippen LogP contribution is -2.26. The number of halogens is 1. The van der Waals surface area contributed by atoms with E-state index in [1.54, 1.807) is 41.3 Å². The molecule has 0 saturated heterocycles. The van der Waals surface area contributed by atoms with Crippen LogP contribution >= 0.6 is 0 Å². The van der Waals surface area contributed by atoms with Crippen molar-refractivity contribution in [1.82, 2.24) is 19.4 Å². The molecular weight excluding hydrogens is 373 g/mol. The lowest BCUT2D eigenvalue weighted by molar-refractivity contribution is 0.259. The molecule has 2 N–H and O–H groups in total. The van der Waals surface area contributed by atoms with Crippen LogP contribution in [0.3, 0.4) is 0 Å². The highest BCUT2D eigenvalue weighted by Gasteiger charge is 2.20. The minimum atomic E-state index is -0.313. The van der Waals surface area contributed by atoms with E-state index in [0.717, 1.165) is 17.7 Å².